The summed E-state index contributed by atoms with van der Waals surface area (Å²) in [6, 6.07) is 7.03. The van der Waals surface area contributed by atoms with Crippen LogP contribution >= 0.6 is 0 Å². The van der Waals surface area contributed by atoms with E-state index in [2.05, 4.69) is 30.6 Å². The third-order valence-corrected chi connectivity index (χ3v) is 9.15. The molecule has 1 aromatic carbocycles. The highest BCUT2D eigenvalue weighted by molar-refractivity contribution is 6.76. The molecule has 0 unspecified atom stereocenters. The predicted molar refractivity (Wildman–Crippen MR) is 151 cm³/mol. The fourth-order valence-electron chi connectivity index (χ4n) is 5.39. The SMILES string of the molecule is Cc1nn(COCC[Si](C)(C)C)c2c1N=C(c1c(F)cccc1F)N1CCc3nc(N4CCOCC4)cc-2c31. The van der Waals surface area contributed by atoms with Gasteiger partial charge in [-0.3, -0.25) is 0 Å². The summed E-state index contributed by atoms with van der Waals surface area (Å²) in [5.41, 5.74) is 4.53. The predicted octanol–water partition coefficient (Wildman–Crippen LogP) is 5.14. The van der Waals surface area contributed by atoms with Crippen molar-refractivity contribution in [2.75, 3.05) is 49.3 Å². The number of halogens is 2. The van der Waals surface area contributed by atoms with E-state index in [0.717, 1.165) is 47.6 Å². The number of pyridine rings is 1. The van der Waals surface area contributed by atoms with E-state index in [1.165, 1.54) is 18.2 Å². The summed E-state index contributed by atoms with van der Waals surface area (Å²) in [7, 11) is -1.26. The fourth-order valence-corrected chi connectivity index (χ4v) is 6.15. The minimum Gasteiger partial charge on any atom is -0.378 e. The van der Waals surface area contributed by atoms with Gasteiger partial charge in [-0.25, -0.2) is 23.4 Å². The molecule has 0 atom stereocenters. The Hall–Kier alpha value is -3.15. The van der Waals surface area contributed by atoms with Gasteiger partial charge in [-0.1, -0.05) is 25.7 Å². The number of amidine groups is 1. The molecule has 39 heavy (non-hydrogen) atoms. The molecule has 0 aliphatic carbocycles. The number of rotatable bonds is 7. The van der Waals surface area contributed by atoms with Crippen molar-refractivity contribution in [3.8, 4) is 11.3 Å². The zero-order valence-corrected chi connectivity index (χ0v) is 23.9. The van der Waals surface area contributed by atoms with Crippen molar-refractivity contribution >= 4 is 31.1 Å². The lowest BCUT2D eigenvalue weighted by atomic mass is 10.1. The Kier molecular flexibility index (Phi) is 6.76. The van der Waals surface area contributed by atoms with Crippen LogP contribution in [0.15, 0.2) is 29.3 Å². The van der Waals surface area contributed by atoms with Gasteiger partial charge >= 0.3 is 0 Å². The number of aryl methyl sites for hydroxylation is 1. The van der Waals surface area contributed by atoms with Gasteiger partial charge in [-0.15, -0.1) is 0 Å². The highest BCUT2D eigenvalue weighted by atomic mass is 28.3. The summed E-state index contributed by atoms with van der Waals surface area (Å²) in [5.74, 6) is -0.187. The molecule has 0 radical (unpaired) electrons. The normalized spacial score (nSPS) is 16.7. The summed E-state index contributed by atoms with van der Waals surface area (Å²) in [6.45, 7) is 13.1. The van der Waals surface area contributed by atoms with Gasteiger partial charge in [-0.05, 0) is 31.2 Å². The van der Waals surface area contributed by atoms with Crippen LogP contribution in [0.25, 0.3) is 11.3 Å². The second-order valence-electron chi connectivity index (χ2n) is 11.5. The molecule has 1 saturated heterocycles. The van der Waals surface area contributed by atoms with E-state index in [0.29, 0.717) is 44.2 Å². The first-order valence-electron chi connectivity index (χ1n) is 13.5. The lowest BCUT2D eigenvalue weighted by Crippen LogP contribution is -2.37. The zero-order chi connectivity index (χ0) is 27.3. The molecule has 0 spiro atoms. The van der Waals surface area contributed by atoms with Crippen LogP contribution in [0.1, 0.15) is 17.0 Å². The molecule has 6 rings (SSSR count). The Labute approximate surface area is 228 Å². The van der Waals surface area contributed by atoms with Crippen LogP contribution in [-0.2, 0) is 22.6 Å². The maximum atomic E-state index is 15.1. The van der Waals surface area contributed by atoms with Crippen LogP contribution in [-0.4, -0.2) is 68.1 Å². The summed E-state index contributed by atoms with van der Waals surface area (Å²) in [6.07, 6.45) is 0.644. The molecule has 206 valence electrons. The molecule has 5 heterocycles. The number of hydrogen-bond acceptors (Lipinski definition) is 7. The first kappa shape index (κ1) is 26.1. The Morgan fingerprint density at radius 3 is 2.54 bits per heavy atom. The number of morpholine rings is 1. The lowest BCUT2D eigenvalue weighted by Gasteiger charge is -2.29. The number of fused-ring (bicyclic) bond motifs is 2. The molecule has 0 saturated carbocycles. The van der Waals surface area contributed by atoms with Crippen molar-refractivity contribution in [1.82, 2.24) is 14.8 Å². The second-order valence-corrected chi connectivity index (χ2v) is 17.1. The molecule has 3 aromatic rings. The third kappa shape index (κ3) is 4.87. The summed E-state index contributed by atoms with van der Waals surface area (Å²) in [5, 5.41) is 4.79. The molecule has 0 amide bonds. The van der Waals surface area contributed by atoms with Crippen molar-refractivity contribution < 1.29 is 18.3 Å². The molecular weight excluding hydrogens is 518 g/mol. The van der Waals surface area contributed by atoms with E-state index < -0.39 is 19.7 Å². The zero-order valence-electron chi connectivity index (χ0n) is 22.9. The number of ether oxygens (including phenoxy) is 2. The molecule has 11 heteroatoms. The van der Waals surface area contributed by atoms with E-state index in [9.17, 15) is 0 Å². The van der Waals surface area contributed by atoms with Crippen LogP contribution in [0.4, 0.5) is 26.0 Å². The molecule has 8 nitrogen and oxygen atoms in total. The monoisotopic (exact) mass is 552 g/mol. The number of aromatic nitrogens is 3. The number of benzene rings is 1. The maximum Gasteiger partial charge on any atom is 0.147 e. The fraction of sp³-hybridized carbons (Fsp3) is 0.464. The van der Waals surface area contributed by atoms with Crippen molar-refractivity contribution in [2.24, 2.45) is 4.99 Å². The van der Waals surface area contributed by atoms with Crippen molar-refractivity contribution in [1.29, 1.82) is 0 Å². The highest BCUT2D eigenvalue weighted by Crippen LogP contribution is 2.47. The van der Waals surface area contributed by atoms with Gasteiger partial charge in [0, 0.05) is 46.3 Å². The Morgan fingerprint density at radius 1 is 1.08 bits per heavy atom. The third-order valence-electron chi connectivity index (χ3n) is 7.45. The first-order valence-corrected chi connectivity index (χ1v) is 17.2. The van der Waals surface area contributed by atoms with Gasteiger partial charge in [-0.2, -0.15) is 5.10 Å². The van der Waals surface area contributed by atoms with Gasteiger partial charge in [0.2, 0.25) is 0 Å². The lowest BCUT2D eigenvalue weighted by molar-refractivity contribution is 0.0796. The van der Waals surface area contributed by atoms with Gasteiger partial charge < -0.3 is 19.3 Å². The first-order chi connectivity index (χ1) is 18.7. The number of aliphatic imine (C=N–C) groups is 1. The number of nitrogens with zero attached hydrogens (tertiary/aromatic N) is 6. The van der Waals surface area contributed by atoms with E-state index in [-0.39, 0.29) is 18.1 Å². The van der Waals surface area contributed by atoms with E-state index in [1.54, 1.807) is 0 Å². The van der Waals surface area contributed by atoms with Gasteiger partial charge in [0.1, 0.15) is 35.7 Å². The van der Waals surface area contributed by atoms with Crippen LogP contribution in [0.3, 0.4) is 0 Å². The average molecular weight is 553 g/mol. The van der Waals surface area contributed by atoms with Crippen molar-refractivity contribution in [3.05, 3.63) is 52.9 Å². The molecule has 0 bridgehead atoms. The van der Waals surface area contributed by atoms with Crippen molar-refractivity contribution in [3.63, 3.8) is 0 Å². The van der Waals surface area contributed by atoms with Crippen LogP contribution < -0.4 is 9.80 Å². The molecule has 1 fully saturated rings. The smallest absolute Gasteiger partial charge is 0.147 e. The molecular formula is C28H34F2N6O2Si. The minimum atomic E-state index is -1.26. The van der Waals surface area contributed by atoms with Crippen molar-refractivity contribution in [2.45, 2.75) is 45.8 Å². The van der Waals surface area contributed by atoms with E-state index in [1.807, 2.05) is 16.5 Å². The number of anilines is 2. The average Bonchev–Trinajstić information content (AvgIpc) is 3.41. The molecule has 3 aliphatic heterocycles. The van der Waals surface area contributed by atoms with Gasteiger partial charge in [0.05, 0.1) is 41.5 Å². The van der Waals surface area contributed by atoms with Gasteiger partial charge in [0.25, 0.3) is 0 Å². The molecule has 0 N–H and O–H groups in total. The standard InChI is InChI=1S/C28H34F2N6O2Si/c1-18-25-27(36(33-18)17-38-14-15-39(2,3)4)19-16-23(34-10-12-37-13-11-34)31-22-8-9-35(26(19)22)28(32-25)24-20(29)6-5-7-21(24)30/h5-7,16H,8-15,17H2,1-4H3. The molecule has 2 aromatic heterocycles. The number of hydrogen-bond donors (Lipinski definition) is 0. The van der Waals surface area contributed by atoms with E-state index in [4.69, 9.17) is 24.5 Å². The quantitative estimate of drug-likeness (QED) is 0.299. The largest absolute Gasteiger partial charge is 0.378 e. The summed E-state index contributed by atoms with van der Waals surface area (Å²) >= 11 is 0. The summed E-state index contributed by atoms with van der Waals surface area (Å²) < 4.78 is 43.8. The highest BCUT2D eigenvalue weighted by Gasteiger charge is 2.37. The maximum absolute atomic E-state index is 15.1. The Morgan fingerprint density at radius 2 is 1.82 bits per heavy atom. The van der Waals surface area contributed by atoms with E-state index >= 15 is 8.78 Å². The summed E-state index contributed by atoms with van der Waals surface area (Å²) in [4.78, 5) is 14.1. The second kappa shape index (κ2) is 10.1. The Balaban J connectivity index is 1.52. The molecule has 3 aliphatic rings. The van der Waals surface area contributed by atoms with Crippen LogP contribution in [0.5, 0.6) is 0 Å². The topological polar surface area (TPSA) is 68.0 Å². The Bertz CT molecular complexity index is 1420. The van der Waals surface area contributed by atoms with Gasteiger partial charge in [0.15, 0.2) is 0 Å². The van der Waals surface area contributed by atoms with Crippen LogP contribution in [0.2, 0.25) is 25.7 Å². The van der Waals surface area contributed by atoms with Crippen LogP contribution in [0, 0.1) is 18.6 Å². The minimum absolute atomic E-state index is 0.139.